The number of aromatic carboxylic acids is 1. The SMILES string of the molecule is C.COC[C@H](CC(=O)[C@@H](N)COC)C(=O)N[C@@H](CC(C)C)C(=O)[C@@]1(C)CO1.COC[C@H](CC(=O)[C@H](COC)NC(=O)c1cc(C)no1)C(=O)N[C@@H](CC(C)C)C(=O)[C@@]1(C)CO1.Cc1cc(C(=O)O)on1. The van der Waals surface area contributed by atoms with Crippen LogP contribution in [0, 0.1) is 37.5 Å². The number of amides is 3. The minimum absolute atomic E-state index is 0. The van der Waals surface area contributed by atoms with Crippen molar-refractivity contribution < 1.29 is 80.9 Å². The highest BCUT2D eigenvalue weighted by Crippen LogP contribution is 2.31. The van der Waals surface area contributed by atoms with E-state index in [4.69, 9.17) is 43.8 Å². The molecule has 0 unspecified atom stereocenters. The van der Waals surface area contributed by atoms with Gasteiger partial charge in [-0.25, -0.2) is 4.79 Å². The Labute approximate surface area is 409 Å². The number of rotatable bonds is 29. The first kappa shape index (κ1) is 62.7. The molecule has 4 heterocycles. The maximum Gasteiger partial charge on any atom is 0.374 e. The van der Waals surface area contributed by atoms with Crippen molar-refractivity contribution in [2.45, 2.75) is 124 Å². The third-order valence-electron chi connectivity index (χ3n) is 10.7. The number of epoxide rings is 2. The summed E-state index contributed by atoms with van der Waals surface area (Å²) in [5, 5.41) is 23.4. The Morgan fingerprint density at radius 1 is 0.643 bits per heavy atom. The summed E-state index contributed by atoms with van der Waals surface area (Å²) in [5.41, 5.74) is 5.13. The van der Waals surface area contributed by atoms with Gasteiger partial charge < -0.3 is 64.3 Å². The van der Waals surface area contributed by atoms with E-state index in [9.17, 15) is 38.4 Å². The zero-order valence-corrected chi connectivity index (χ0v) is 41.8. The molecule has 2 aromatic heterocycles. The normalized spacial score (nSPS) is 19.2. The van der Waals surface area contributed by atoms with Crippen molar-refractivity contribution in [3.05, 3.63) is 35.0 Å². The molecule has 3 amide bonds. The van der Waals surface area contributed by atoms with Crippen molar-refractivity contribution in [2.75, 3.05) is 68.1 Å². The number of carbonyl (C=O) groups excluding carboxylic acids is 7. The van der Waals surface area contributed by atoms with Crippen LogP contribution in [0.3, 0.4) is 0 Å². The van der Waals surface area contributed by atoms with Gasteiger partial charge in [0.15, 0.2) is 23.1 Å². The van der Waals surface area contributed by atoms with Gasteiger partial charge in [-0.2, -0.15) is 0 Å². The van der Waals surface area contributed by atoms with Crippen LogP contribution < -0.4 is 21.7 Å². The van der Waals surface area contributed by atoms with E-state index in [-0.39, 0.29) is 87.4 Å². The summed E-state index contributed by atoms with van der Waals surface area (Å²) in [4.78, 5) is 98.9. The molecule has 8 atom stereocenters. The highest BCUT2D eigenvalue weighted by molar-refractivity contribution is 6.00. The molecule has 2 fully saturated rings. The lowest BCUT2D eigenvalue weighted by atomic mass is 9.92. The Hall–Kier alpha value is -5.30. The van der Waals surface area contributed by atoms with E-state index in [1.165, 1.54) is 40.6 Å². The highest BCUT2D eigenvalue weighted by Gasteiger charge is 2.51. The quantitative estimate of drug-likeness (QED) is 0.0730. The first-order valence-corrected chi connectivity index (χ1v) is 22.5. The molecule has 4 rings (SSSR count). The van der Waals surface area contributed by atoms with E-state index in [1.54, 1.807) is 27.7 Å². The Morgan fingerprint density at radius 2 is 1.03 bits per heavy atom. The summed E-state index contributed by atoms with van der Waals surface area (Å²) in [6.07, 6.45) is 0.650. The molecule has 2 saturated heterocycles. The number of carboxylic acids is 1. The average molecular weight is 997 g/mol. The van der Waals surface area contributed by atoms with Crippen molar-refractivity contribution in [1.29, 1.82) is 0 Å². The molecule has 0 saturated carbocycles. The lowest BCUT2D eigenvalue weighted by molar-refractivity contribution is -0.135. The molecule has 23 heteroatoms. The predicted molar refractivity (Wildman–Crippen MR) is 251 cm³/mol. The number of ether oxygens (including phenoxy) is 6. The topological polar surface area (TPSA) is 333 Å². The van der Waals surface area contributed by atoms with Crippen LogP contribution in [-0.2, 0) is 57.2 Å². The van der Waals surface area contributed by atoms with Crippen LogP contribution in [0.2, 0.25) is 0 Å². The van der Waals surface area contributed by atoms with Crippen LogP contribution in [0.15, 0.2) is 21.2 Å². The van der Waals surface area contributed by atoms with Gasteiger partial charge in [0.1, 0.15) is 17.2 Å². The fourth-order valence-electron chi connectivity index (χ4n) is 6.68. The van der Waals surface area contributed by atoms with Crippen molar-refractivity contribution in [2.24, 2.45) is 29.4 Å². The number of aromatic nitrogens is 2. The van der Waals surface area contributed by atoms with E-state index in [1.807, 2.05) is 27.7 Å². The number of carboxylic acid groups (broad SMARTS) is 1. The second kappa shape index (κ2) is 29.8. The molecule has 0 aliphatic carbocycles. The molecule has 23 nitrogen and oxygen atoms in total. The number of hydrogen-bond donors (Lipinski definition) is 5. The van der Waals surface area contributed by atoms with Crippen LogP contribution >= 0.6 is 0 Å². The number of ketones is 4. The Balaban J connectivity index is 0.000000599. The monoisotopic (exact) mass is 997 g/mol. The molecule has 2 aromatic rings. The standard InChI is InChI=1S/C23H35N3O8.C18H32N2O6.C5H5NO3.CH4/c1-13(2)7-16(20(28)23(4)12-33-23)24-21(29)15(10-31-5)9-18(27)17(11-32-6)25-22(30)19-8-14(3)26-34-19;1-11(2)6-14(16(22)18(3)10-26-18)20-17(23)12(8-24-4)7-15(21)13(19)9-25-5;1-3-2-4(5(7)8)9-6-3;/h8,13,15-17H,7,9-12H2,1-6H3,(H,24,29)(H,25,30);11-14H,6-10,19H2,1-5H3,(H,20,23);2H,1H3,(H,7,8);1H4/t15-,16-,17-,23+;12-,13-,14-,18+;;/m00../s1. The zero-order chi connectivity index (χ0) is 52.2. The van der Waals surface area contributed by atoms with Crippen LogP contribution in [0.5, 0.6) is 0 Å². The maximum absolute atomic E-state index is 13.1. The molecule has 0 radical (unpaired) electrons. The Kier molecular flexibility index (Phi) is 26.7. The highest BCUT2D eigenvalue weighted by atomic mass is 16.6. The van der Waals surface area contributed by atoms with E-state index < -0.39 is 76.7 Å². The molecule has 2 aliphatic rings. The van der Waals surface area contributed by atoms with Gasteiger partial charge in [0.05, 0.1) is 81.0 Å². The van der Waals surface area contributed by atoms with Gasteiger partial charge in [0, 0.05) is 53.4 Å². The molecular weight excluding hydrogens is 921 g/mol. The smallest absolute Gasteiger partial charge is 0.374 e. The minimum Gasteiger partial charge on any atom is -0.475 e. The van der Waals surface area contributed by atoms with Gasteiger partial charge >= 0.3 is 5.97 Å². The van der Waals surface area contributed by atoms with Gasteiger partial charge in [0.2, 0.25) is 23.3 Å². The summed E-state index contributed by atoms with van der Waals surface area (Å²) in [5.74, 6) is -4.99. The third kappa shape index (κ3) is 21.0. The average Bonchev–Trinajstić information content (AvgIpc) is 4.11. The second-order valence-corrected chi connectivity index (χ2v) is 18.3. The minimum atomic E-state index is -1.09. The summed E-state index contributed by atoms with van der Waals surface area (Å²) >= 11 is 0. The van der Waals surface area contributed by atoms with Crippen molar-refractivity contribution in [3.63, 3.8) is 0 Å². The second-order valence-electron chi connectivity index (χ2n) is 18.3. The van der Waals surface area contributed by atoms with Gasteiger partial charge in [-0.05, 0) is 52.4 Å². The molecule has 396 valence electrons. The van der Waals surface area contributed by atoms with Gasteiger partial charge in [-0.15, -0.1) is 0 Å². The number of nitrogens with zero attached hydrogens (tertiary/aromatic N) is 2. The first-order valence-electron chi connectivity index (χ1n) is 22.5. The third-order valence-corrected chi connectivity index (χ3v) is 10.7. The van der Waals surface area contributed by atoms with Crippen molar-refractivity contribution in [3.8, 4) is 0 Å². The van der Waals surface area contributed by atoms with Crippen molar-refractivity contribution in [1.82, 2.24) is 26.3 Å². The summed E-state index contributed by atoms with van der Waals surface area (Å²) < 4.78 is 40.0. The zero-order valence-electron chi connectivity index (χ0n) is 41.8. The van der Waals surface area contributed by atoms with Gasteiger partial charge in [-0.1, -0.05) is 45.4 Å². The maximum atomic E-state index is 13.1. The number of carbonyl (C=O) groups is 8. The van der Waals surface area contributed by atoms with E-state index in [0.29, 0.717) is 37.4 Å². The molecule has 6 N–H and O–H groups in total. The summed E-state index contributed by atoms with van der Waals surface area (Å²) in [6, 6.07) is -0.389. The van der Waals surface area contributed by atoms with Crippen LogP contribution in [0.25, 0.3) is 0 Å². The number of nitrogens with two attached hydrogens (primary N) is 1. The molecule has 0 aromatic carbocycles. The Morgan fingerprint density at radius 3 is 1.34 bits per heavy atom. The number of methoxy groups -OCH3 is 4. The number of hydrogen-bond acceptors (Lipinski definition) is 19. The summed E-state index contributed by atoms with van der Waals surface area (Å²) in [7, 11) is 5.72. The van der Waals surface area contributed by atoms with Gasteiger partial charge in [0.25, 0.3) is 5.91 Å². The van der Waals surface area contributed by atoms with E-state index in [0.717, 1.165) is 0 Å². The van der Waals surface area contributed by atoms with E-state index >= 15 is 0 Å². The number of Topliss-reactive ketones (excluding diaryl/α,β-unsaturated/α-hetero) is 4. The lowest BCUT2D eigenvalue weighted by Crippen LogP contribution is -2.50. The number of aryl methyl sites for hydroxylation is 2. The predicted octanol–water partition coefficient (Wildman–Crippen LogP) is 2.23. The Bertz CT molecular complexity index is 2020. The molecule has 2 aliphatic heterocycles. The van der Waals surface area contributed by atoms with Crippen LogP contribution in [0.4, 0.5) is 0 Å². The van der Waals surface area contributed by atoms with E-state index in [2.05, 4.69) is 30.8 Å². The van der Waals surface area contributed by atoms with Crippen molar-refractivity contribution >= 4 is 46.8 Å². The lowest BCUT2D eigenvalue weighted by Gasteiger charge is -2.25. The molecule has 70 heavy (non-hydrogen) atoms. The molecular formula is C47H76N6O17. The summed E-state index contributed by atoms with van der Waals surface area (Å²) in [6.45, 7) is 15.3. The fourth-order valence-corrected chi connectivity index (χ4v) is 6.68. The van der Waals surface area contributed by atoms with Crippen LogP contribution in [-0.4, -0.2) is 166 Å². The number of nitrogens with one attached hydrogen (secondary N) is 3. The molecule has 0 bridgehead atoms. The van der Waals surface area contributed by atoms with Crippen LogP contribution in [0.1, 0.15) is 107 Å². The largest absolute Gasteiger partial charge is 0.475 e. The molecule has 0 spiro atoms. The fraction of sp³-hybridized carbons (Fsp3) is 0.702. The van der Waals surface area contributed by atoms with Gasteiger partial charge in [-0.3, -0.25) is 33.6 Å². The first-order chi connectivity index (χ1) is 32.3.